The van der Waals surface area contributed by atoms with Crippen molar-refractivity contribution >= 4 is 32.4 Å². The van der Waals surface area contributed by atoms with Crippen molar-refractivity contribution in [1.29, 1.82) is 0 Å². The summed E-state index contributed by atoms with van der Waals surface area (Å²) in [5.41, 5.74) is 1.04. The largest absolute Gasteiger partial charge is 0.296 e. The summed E-state index contributed by atoms with van der Waals surface area (Å²) >= 11 is 1.34. The number of carbonyl (C=O) groups excluding carboxylic acids is 1. The van der Waals surface area contributed by atoms with Crippen LogP contribution in [-0.2, 0) is 16.4 Å². The van der Waals surface area contributed by atoms with Gasteiger partial charge in [0.25, 0.3) is 5.91 Å². The van der Waals surface area contributed by atoms with E-state index in [9.17, 15) is 13.2 Å². The lowest BCUT2D eigenvalue weighted by Crippen LogP contribution is -2.35. The molecule has 2 heterocycles. The van der Waals surface area contributed by atoms with Gasteiger partial charge in [-0.3, -0.25) is 10.1 Å². The molecule has 1 aromatic heterocycles. The smallest absolute Gasteiger partial charge is 0.257 e. The molecule has 1 N–H and O–H groups in total. The molecule has 0 radical (unpaired) electrons. The molecule has 1 amide bonds. The monoisotopic (exact) mass is 422 g/mol. The molecular formula is C19H26N4O3S2. The second-order valence-electron chi connectivity index (χ2n) is 7.49. The summed E-state index contributed by atoms with van der Waals surface area (Å²) in [6.45, 7) is 7.04. The van der Waals surface area contributed by atoms with Gasteiger partial charge < -0.3 is 0 Å². The molecule has 2 aromatic rings. The molecule has 1 aliphatic rings. The van der Waals surface area contributed by atoms with Crippen LogP contribution >= 0.6 is 11.3 Å². The Kier molecular flexibility index (Phi) is 6.47. The zero-order chi connectivity index (χ0) is 20.3. The van der Waals surface area contributed by atoms with Gasteiger partial charge in [-0.2, -0.15) is 4.31 Å². The Hall–Kier alpha value is -1.84. The van der Waals surface area contributed by atoms with Crippen LogP contribution in [0.5, 0.6) is 0 Å². The summed E-state index contributed by atoms with van der Waals surface area (Å²) in [5, 5.41) is 12.1. The van der Waals surface area contributed by atoms with E-state index in [-0.39, 0.29) is 10.8 Å². The number of carbonyl (C=O) groups is 1. The summed E-state index contributed by atoms with van der Waals surface area (Å²) < 4.78 is 27.3. The van der Waals surface area contributed by atoms with Crippen molar-refractivity contribution in [3.63, 3.8) is 0 Å². The number of aryl methyl sites for hydroxylation is 1. The van der Waals surface area contributed by atoms with Crippen LogP contribution in [0.1, 0.15) is 54.0 Å². The highest BCUT2D eigenvalue weighted by Crippen LogP contribution is 2.24. The van der Waals surface area contributed by atoms with Gasteiger partial charge in [-0.25, -0.2) is 8.42 Å². The molecule has 1 aliphatic heterocycles. The summed E-state index contributed by atoms with van der Waals surface area (Å²) in [5.74, 6) is 0.0795. The van der Waals surface area contributed by atoms with Crippen molar-refractivity contribution < 1.29 is 13.2 Å². The van der Waals surface area contributed by atoms with E-state index >= 15 is 0 Å². The van der Waals surface area contributed by atoms with Crippen LogP contribution in [0, 0.1) is 12.8 Å². The number of amides is 1. The Balaban J connectivity index is 1.80. The number of hydrogen-bond donors (Lipinski definition) is 1. The van der Waals surface area contributed by atoms with Crippen LogP contribution < -0.4 is 5.32 Å². The van der Waals surface area contributed by atoms with Crippen molar-refractivity contribution in [3.05, 3.63) is 34.3 Å². The molecule has 0 spiro atoms. The van der Waals surface area contributed by atoms with Gasteiger partial charge in [0.15, 0.2) is 0 Å². The summed E-state index contributed by atoms with van der Waals surface area (Å²) in [6.07, 6.45) is 3.59. The first-order valence-corrected chi connectivity index (χ1v) is 11.8. The summed E-state index contributed by atoms with van der Waals surface area (Å²) in [6, 6.07) is 4.71. The van der Waals surface area contributed by atoms with Crippen LogP contribution in [0.3, 0.4) is 0 Å². The van der Waals surface area contributed by atoms with Crippen molar-refractivity contribution in [3.8, 4) is 0 Å². The predicted octanol–water partition coefficient (Wildman–Crippen LogP) is 3.47. The molecule has 9 heteroatoms. The maximum atomic E-state index is 12.9. The fraction of sp³-hybridized carbons (Fsp3) is 0.526. The van der Waals surface area contributed by atoms with Crippen LogP contribution in [0.2, 0.25) is 0 Å². The van der Waals surface area contributed by atoms with Gasteiger partial charge in [0.1, 0.15) is 5.01 Å². The molecule has 1 fully saturated rings. The highest BCUT2D eigenvalue weighted by molar-refractivity contribution is 7.89. The molecule has 7 nitrogen and oxygen atoms in total. The minimum Gasteiger partial charge on any atom is -0.296 e. The maximum Gasteiger partial charge on any atom is 0.257 e. The highest BCUT2D eigenvalue weighted by Gasteiger charge is 2.27. The minimum absolute atomic E-state index is 0.155. The zero-order valence-corrected chi connectivity index (χ0v) is 18.1. The number of sulfonamides is 1. The van der Waals surface area contributed by atoms with Crippen molar-refractivity contribution in [2.75, 3.05) is 18.4 Å². The van der Waals surface area contributed by atoms with Crippen molar-refractivity contribution in [2.45, 2.75) is 51.3 Å². The average Bonchev–Trinajstić information content (AvgIpc) is 3.08. The molecule has 0 aliphatic carbocycles. The molecule has 0 bridgehead atoms. The lowest BCUT2D eigenvalue weighted by Gasteiger charge is -2.26. The van der Waals surface area contributed by atoms with Crippen LogP contribution in [0.15, 0.2) is 23.1 Å². The summed E-state index contributed by atoms with van der Waals surface area (Å²) in [7, 11) is -3.59. The first-order chi connectivity index (χ1) is 13.3. The van der Waals surface area contributed by atoms with Crippen molar-refractivity contribution in [2.24, 2.45) is 5.92 Å². The van der Waals surface area contributed by atoms with Gasteiger partial charge in [0.05, 0.1) is 4.90 Å². The predicted molar refractivity (Wildman–Crippen MR) is 110 cm³/mol. The molecule has 28 heavy (non-hydrogen) atoms. The van der Waals surface area contributed by atoms with Gasteiger partial charge >= 0.3 is 0 Å². The van der Waals surface area contributed by atoms with E-state index in [1.807, 2.05) is 0 Å². The van der Waals surface area contributed by atoms with Crippen LogP contribution in [0.25, 0.3) is 0 Å². The van der Waals surface area contributed by atoms with E-state index in [4.69, 9.17) is 0 Å². The van der Waals surface area contributed by atoms with E-state index < -0.39 is 10.0 Å². The number of nitrogens with zero attached hydrogens (tertiary/aromatic N) is 3. The van der Waals surface area contributed by atoms with E-state index in [1.165, 1.54) is 21.7 Å². The molecule has 0 atom stereocenters. The van der Waals surface area contributed by atoms with Crippen LogP contribution in [-0.4, -0.2) is 41.9 Å². The molecule has 3 rings (SSSR count). The summed E-state index contributed by atoms with van der Waals surface area (Å²) in [4.78, 5) is 12.9. The fourth-order valence-electron chi connectivity index (χ4n) is 3.16. The third kappa shape index (κ3) is 4.76. The number of benzene rings is 1. The second-order valence-corrected chi connectivity index (χ2v) is 10.5. The van der Waals surface area contributed by atoms with Crippen LogP contribution in [0.4, 0.5) is 5.13 Å². The fourth-order valence-corrected chi connectivity index (χ4v) is 5.65. The number of aromatic nitrogens is 2. The maximum absolute atomic E-state index is 12.9. The number of anilines is 1. The van der Waals surface area contributed by atoms with Crippen molar-refractivity contribution in [1.82, 2.24) is 14.5 Å². The van der Waals surface area contributed by atoms with E-state index in [2.05, 4.69) is 29.4 Å². The van der Waals surface area contributed by atoms with E-state index in [1.54, 1.807) is 19.1 Å². The van der Waals surface area contributed by atoms with Gasteiger partial charge in [0.2, 0.25) is 15.2 Å². The molecule has 0 saturated carbocycles. The first-order valence-electron chi connectivity index (χ1n) is 9.52. The molecule has 1 saturated heterocycles. The number of hydrogen-bond acceptors (Lipinski definition) is 6. The molecular weight excluding hydrogens is 396 g/mol. The quantitative estimate of drug-likeness (QED) is 0.769. The zero-order valence-electron chi connectivity index (χ0n) is 16.4. The highest BCUT2D eigenvalue weighted by atomic mass is 32.2. The Morgan fingerprint density at radius 2 is 1.93 bits per heavy atom. The average molecular weight is 423 g/mol. The lowest BCUT2D eigenvalue weighted by molar-refractivity contribution is 0.102. The second kappa shape index (κ2) is 8.67. The number of rotatable bonds is 6. The molecule has 1 aromatic carbocycles. The third-order valence-corrected chi connectivity index (χ3v) is 7.43. The van der Waals surface area contributed by atoms with Gasteiger partial charge in [0, 0.05) is 25.1 Å². The number of piperidine rings is 1. The Morgan fingerprint density at radius 1 is 1.21 bits per heavy atom. The molecule has 0 unspecified atom stereocenters. The first kappa shape index (κ1) is 20.9. The van der Waals surface area contributed by atoms with Gasteiger partial charge in [-0.1, -0.05) is 37.7 Å². The standard InChI is InChI=1S/C19H26N4O3S2/c1-13(2)11-17-21-22-19(27-17)20-18(24)16-12-15(8-7-14(16)3)28(25,26)23-9-5-4-6-10-23/h7-8,12-13H,4-6,9-11H2,1-3H3,(H,20,22,24). The Bertz CT molecular complexity index is 948. The Morgan fingerprint density at radius 3 is 2.61 bits per heavy atom. The minimum atomic E-state index is -3.59. The lowest BCUT2D eigenvalue weighted by atomic mass is 10.1. The number of nitrogens with one attached hydrogen (secondary N) is 1. The molecule has 152 valence electrons. The SMILES string of the molecule is Cc1ccc(S(=O)(=O)N2CCCCC2)cc1C(=O)Nc1nnc(CC(C)C)s1. The Labute approximate surface area is 170 Å². The normalized spacial score (nSPS) is 15.7. The van der Waals surface area contributed by atoms with Gasteiger partial charge in [-0.15, -0.1) is 10.2 Å². The van der Waals surface area contributed by atoms with E-state index in [0.717, 1.165) is 30.7 Å². The topological polar surface area (TPSA) is 92.3 Å². The van der Waals surface area contributed by atoms with E-state index in [0.29, 0.717) is 35.3 Å². The third-order valence-electron chi connectivity index (χ3n) is 4.68. The van der Waals surface area contributed by atoms with Gasteiger partial charge in [-0.05, 0) is 43.4 Å².